The molecule has 0 saturated carbocycles. The molecular formula is C12H19F3N2O4. The van der Waals surface area contributed by atoms with Crippen LogP contribution < -0.4 is 5.32 Å². The summed E-state index contributed by atoms with van der Waals surface area (Å²) in [4.78, 5) is 24.1. The Morgan fingerprint density at radius 2 is 1.86 bits per heavy atom. The van der Waals surface area contributed by atoms with Gasteiger partial charge in [0.05, 0.1) is 13.2 Å². The van der Waals surface area contributed by atoms with Gasteiger partial charge in [0.1, 0.15) is 0 Å². The fourth-order valence-electron chi connectivity index (χ4n) is 1.85. The Morgan fingerprint density at radius 3 is 2.33 bits per heavy atom. The number of carbonyl (C=O) groups excluding carboxylic acids is 1. The predicted octanol–water partition coefficient (Wildman–Crippen LogP) is 0.621. The van der Waals surface area contributed by atoms with Crippen LogP contribution in [0.25, 0.3) is 0 Å². The number of hydrogen-bond donors (Lipinski definition) is 2. The van der Waals surface area contributed by atoms with Crippen LogP contribution in [0.1, 0.15) is 19.8 Å². The van der Waals surface area contributed by atoms with Gasteiger partial charge in [-0.15, -0.1) is 0 Å². The molecule has 1 amide bonds. The smallest absolute Gasteiger partial charge is 0.417 e. The Hall–Kier alpha value is -1.35. The highest BCUT2D eigenvalue weighted by atomic mass is 19.4. The van der Waals surface area contributed by atoms with Crippen LogP contribution in [-0.4, -0.2) is 66.4 Å². The molecule has 0 aromatic heterocycles. The molecule has 0 aliphatic carbocycles. The van der Waals surface area contributed by atoms with E-state index >= 15 is 0 Å². The van der Waals surface area contributed by atoms with Crippen LogP contribution in [0, 0.1) is 0 Å². The van der Waals surface area contributed by atoms with Gasteiger partial charge in [-0.05, 0) is 19.9 Å². The SMILES string of the molecule is CC(NCCCC(=O)N1CCOCC1)(C(=O)O)C(F)(F)F. The zero-order valence-corrected chi connectivity index (χ0v) is 11.7. The average molecular weight is 312 g/mol. The molecule has 0 aromatic carbocycles. The highest BCUT2D eigenvalue weighted by Gasteiger charge is 2.56. The summed E-state index contributed by atoms with van der Waals surface area (Å²) in [6.45, 7) is 2.21. The number of aliphatic carboxylic acids is 1. The van der Waals surface area contributed by atoms with E-state index in [0.717, 1.165) is 0 Å². The molecule has 1 rings (SSSR count). The molecule has 1 aliphatic heterocycles. The molecule has 1 aliphatic rings. The molecule has 0 bridgehead atoms. The largest absolute Gasteiger partial charge is 0.480 e. The summed E-state index contributed by atoms with van der Waals surface area (Å²) in [7, 11) is 0. The number of nitrogens with zero attached hydrogens (tertiary/aromatic N) is 1. The number of carboxylic acids is 1. The van der Waals surface area contributed by atoms with Crippen molar-refractivity contribution in [2.75, 3.05) is 32.8 Å². The molecule has 122 valence electrons. The lowest BCUT2D eigenvalue weighted by Gasteiger charge is -2.29. The van der Waals surface area contributed by atoms with Crippen LogP contribution in [0.4, 0.5) is 13.2 Å². The fraction of sp³-hybridized carbons (Fsp3) is 0.833. The second kappa shape index (κ2) is 7.08. The van der Waals surface area contributed by atoms with Crippen molar-refractivity contribution in [3.63, 3.8) is 0 Å². The summed E-state index contributed by atoms with van der Waals surface area (Å²) < 4.78 is 43.2. The summed E-state index contributed by atoms with van der Waals surface area (Å²) in [5.74, 6) is -2.15. The molecule has 1 atom stereocenters. The highest BCUT2D eigenvalue weighted by Crippen LogP contribution is 2.30. The summed E-state index contributed by atoms with van der Waals surface area (Å²) in [6, 6.07) is 0. The van der Waals surface area contributed by atoms with Gasteiger partial charge in [0, 0.05) is 19.5 Å². The van der Waals surface area contributed by atoms with Crippen molar-refractivity contribution in [1.82, 2.24) is 10.2 Å². The molecule has 0 radical (unpaired) electrons. The number of ether oxygens (including phenoxy) is 1. The van der Waals surface area contributed by atoms with Gasteiger partial charge in [0.25, 0.3) is 0 Å². The first-order valence-electron chi connectivity index (χ1n) is 6.59. The quantitative estimate of drug-likeness (QED) is 0.703. The van der Waals surface area contributed by atoms with Gasteiger partial charge in [0.15, 0.2) is 0 Å². The normalized spacial score (nSPS) is 19.1. The van der Waals surface area contributed by atoms with Crippen LogP contribution in [-0.2, 0) is 14.3 Å². The van der Waals surface area contributed by atoms with E-state index in [1.165, 1.54) is 0 Å². The average Bonchev–Trinajstić information content (AvgIpc) is 2.42. The van der Waals surface area contributed by atoms with Gasteiger partial charge in [-0.1, -0.05) is 0 Å². The third kappa shape index (κ3) is 4.57. The monoisotopic (exact) mass is 312 g/mol. The van der Waals surface area contributed by atoms with Crippen LogP contribution in [0.3, 0.4) is 0 Å². The maximum atomic E-state index is 12.7. The van der Waals surface area contributed by atoms with E-state index < -0.39 is 17.7 Å². The predicted molar refractivity (Wildman–Crippen MR) is 66.7 cm³/mol. The molecule has 0 spiro atoms. The highest BCUT2D eigenvalue weighted by molar-refractivity contribution is 5.79. The van der Waals surface area contributed by atoms with E-state index in [0.29, 0.717) is 33.2 Å². The molecule has 1 heterocycles. The maximum Gasteiger partial charge on any atom is 0.417 e. The standard InChI is InChI=1S/C12H19F3N2O4/c1-11(10(19)20,12(13,14)15)16-4-2-3-9(18)17-5-7-21-8-6-17/h16H,2-8H2,1H3,(H,19,20). The van der Waals surface area contributed by atoms with E-state index in [1.807, 2.05) is 5.32 Å². The lowest BCUT2D eigenvalue weighted by Crippen LogP contribution is -2.60. The van der Waals surface area contributed by atoms with E-state index in [4.69, 9.17) is 9.84 Å². The minimum absolute atomic E-state index is 0.0700. The topological polar surface area (TPSA) is 78.9 Å². The zero-order chi connectivity index (χ0) is 16.1. The number of nitrogens with one attached hydrogen (secondary N) is 1. The minimum Gasteiger partial charge on any atom is -0.480 e. The molecule has 9 heteroatoms. The third-order valence-electron chi connectivity index (χ3n) is 3.40. The van der Waals surface area contributed by atoms with Crippen LogP contribution in [0.2, 0.25) is 0 Å². The number of rotatable bonds is 6. The van der Waals surface area contributed by atoms with Gasteiger partial charge in [0.2, 0.25) is 11.4 Å². The molecule has 1 fully saturated rings. The van der Waals surface area contributed by atoms with Crippen molar-refractivity contribution >= 4 is 11.9 Å². The van der Waals surface area contributed by atoms with E-state index in [-0.39, 0.29) is 25.3 Å². The van der Waals surface area contributed by atoms with Crippen LogP contribution in [0.5, 0.6) is 0 Å². The minimum atomic E-state index is -4.91. The number of halogens is 3. The Labute approximate surface area is 120 Å². The summed E-state index contributed by atoms with van der Waals surface area (Å²) in [5.41, 5.74) is -3.00. The summed E-state index contributed by atoms with van der Waals surface area (Å²) >= 11 is 0. The van der Waals surface area contributed by atoms with Gasteiger partial charge >= 0.3 is 12.1 Å². The number of morpholine rings is 1. The van der Waals surface area contributed by atoms with Gasteiger partial charge in [-0.3, -0.25) is 10.1 Å². The van der Waals surface area contributed by atoms with Crippen molar-refractivity contribution in [3.8, 4) is 0 Å². The molecule has 6 nitrogen and oxygen atoms in total. The first-order chi connectivity index (χ1) is 9.68. The van der Waals surface area contributed by atoms with Crippen molar-refractivity contribution < 1.29 is 32.6 Å². The molecule has 0 aromatic rings. The molecule has 21 heavy (non-hydrogen) atoms. The Bertz CT molecular complexity index is 383. The Kier molecular flexibility index (Phi) is 5.97. The van der Waals surface area contributed by atoms with Gasteiger partial charge in [-0.25, -0.2) is 4.79 Å². The van der Waals surface area contributed by atoms with Crippen LogP contribution >= 0.6 is 0 Å². The summed E-state index contributed by atoms with van der Waals surface area (Å²) in [5, 5.41) is 10.7. The van der Waals surface area contributed by atoms with Crippen molar-refractivity contribution in [2.45, 2.75) is 31.5 Å². The third-order valence-corrected chi connectivity index (χ3v) is 3.40. The molecular weight excluding hydrogens is 293 g/mol. The van der Waals surface area contributed by atoms with E-state index in [9.17, 15) is 22.8 Å². The number of carbonyl (C=O) groups is 2. The first kappa shape index (κ1) is 17.7. The molecule has 1 saturated heterocycles. The Morgan fingerprint density at radius 1 is 1.29 bits per heavy atom. The van der Waals surface area contributed by atoms with Gasteiger partial charge in [-0.2, -0.15) is 13.2 Å². The van der Waals surface area contributed by atoms with Crippen molar-refractivity contribution in [2.24, 2.45) is 0 Å². The zero-order valence-electron chi connectivity index (χ0n) is 11.7. The lowest BCUT2D eigenvalue weighted by atomic mass is 10.0. The number of alkyl halides is 3. The lowest BCUT2D eigenvalue weighted by molar-refractivity contribution is -0.205. The van der Waals surface area contributed by atoms with Crippen molar-refractivity contribution in [3.05, 3.63) is 0 Å². The molecule has 2 N–H and O–H groups in total. The van der Waals surface area contributed by atoms with Gasteiger partial charge < -0.3 is 14.7 Å². The number of amides is 1. The fourth-order valence-corrected chi connectivity index (χ4v) is 1.85. The van der Waals surface area contributed by atoms with E-state index in [1.54, 1.807) is 4.90 Å². The maximum absolute atomic E-state index is 12.7. The first-order valence-corrected chi connectivity index (χ1v) is 6.59. The second-order valence-corrected chi connectivity index (χ2v) is 4.95. The Balaban J connectivity index is 2.38. The summed E-state index contributed by atoms with van der Waals surface area (Å²) in [6.07, 6.45) is -4.71. The van der Waals surface area contributed by atoms with Crippen LogP contribution in [0.15, 0.2) is 0 Å². The van der Waals surface area contributed by atoms with Crippen molar-refractivity contribution in [1.29, 1.82) is 0 Å². The number of hydrogen-bond acceptors (Lipinski definition) is 4. The second-order valence-electron chi connectivity index (χ2n) is 4.95. The van der Waals surface area contributed by atoms with E-state index in [2.05, 4.69) is 0 Å². The molecule has 1 unspecified atom stereocenters. The number of carboxylic acid groups (broad SMARTS) is 1.